The van der Waals surface area contributed by atoms with E-state index in [2.05, 4.69) is 4.74 Å². The summed E-state index contributed by atoms with van der Waals surface area (Å²) in [4.78, 5) is 21.9. The summed E-state index contributed by atoms with van der Waals surface area (Å²) in [5.74, 6) is -1.18. The molecule has 0 radical (unpaired) electrons. The van der Waals surface area contributed by atoms with Gasteiger partial charge in [-0.15, -0.1) is 0 Å². The highest BCUT2D eigenvalue weighted by molar-refractivity contribution is 6.02. The van der Waals surface area contributed by atoms with E-state index in [1.807, 2.05) is 0 Å². The first-order valence-electron chi connectivity index (χ1n) is 3.74. The molecule has 1 aromatic rings. The van der Waals surface area contributed by atoms with Gasteiger partial charge in [-0.05, 0) is 23.8 Å². The number of aromatic hydroxyl groups is 1. The Morgan fingerprint density at radius 3 is 2.85 bits per heavy atom. The van der Waals surface area contributed by atoms with Gasteiger partial charge >= 0.3 is 11.9 Å². The molecule has 0 bridgehead atoms. The summed E-state index contributed by atoms with van der Waals surface area (Å²) in [6.45, 7) is 0. The van der Waals surface area contributed by atoms with Crippen LogP contribution in [0.15, 0.2) is 18.2 Å². The molecule has 0 saturated carbocycles. The zero-order valence-corrected chi connectivity index (χ0v) is 6.61. The highest BCUT2D eigenvalue weighted by Gasteiger charge is 2.24. The number of hydrogen-bond donors (Lipinski definition) is 1. The fourth-order valence-electron chi connectivity index (χ4n) is 1.28. The monoisotopic (exact) mass is 178 g/mol. The third kappa shape index (κ3) is 1.26. The van der Waals surface area contributed by atoms with E-state index in [1.54, 1.807) is 0 Å². The Labute approximate surface area is 73.8 Å². The lowest BCUT2D eigenvalue weighted by atomic mass is 10.0. The van der Waals surface area contributed by atoms with Crippen molar-refractivity contribution in [2.45, 2.75) is 6.42 Å². The van der Waals surface area contributed by atoms with Gasteiger partial charge in [0.2, 0.25) is 0 Å². The number of cyclic esters (lactones) is 2. The van der Waals surface area contributed by atoms with Crippen LogP contribution in [0.25, 0.3) is 0 Å². The van der Waals surface area contributed by atoms with Crippen molar-refractivity contribution in [3.63, 3.8) is 0 Å². The van der Waals surface area contributed by atoms with Crippen LogP contribution >= 0.6 is 0 Å². The van der Waals surface area contributed by atoms with Crippen LogP contribution in [-0.4, -0.2) is 17.0 Å². The first kappa shape index (κ1) is 7.79. The van der Waals surface area contributed by atoms with Gasteiger partial charge in [0.05, 0.1) is 12.0 Å². The van der Waals surface area contributed by atoms with Crippen LogP contribution in [0.1, 0.15) is 15.9 Å². The zero-order chi connectivity index (χ0) is 9.42. The highest BCUT2D eigenvalue weighted by atomic mass is 16.6. The Balaban J connectivity index is 2.55. The number of carbonyl (C=O) groups is 2. The molecule has 1 aromatic carbocycles. The first-order valence-corrected chi connectivity index (χ1v) is 3.74. The minimum absolute atomic E-state index is 0.0372. The third-order valence-corrected chi connectivity index (χ3v) is 1.85. The van der Waals surface area contributed by atoms with Crippen molar-refractivity contribution in [3.05, 3.63) is 29.3 Å². The van der Waals surface area contributed by atoms with Crippen molar-refractivity contribution in [2.75, 3.05) is 0 Å². The Morgan fingerprint density at radius 2 is 2.08 bits per heavy atom. The molecule has 0 unspecified atom stereocenters. The number of rotatable bonds is 0. The van der Waals surface area contributed by atoms with E-state index in [0.29, 0.717) is 11.1 Å². The molecule has 1 N–H and O–H groups in total. The van der Waals surface area contributed by atoms with Crippen molar-refractivity contribution in [2.24, 2.45) is 0 Å². The van der Waals surface area contributed by atoms with Crippen LogP contribution in [-0.2, 0) is 16.0 Å². The third-order valence-electron chi connectivity index (χ3n) is 1.85. The van der Waals surface area contributed by atoms with Gasteiger partial charge in [0.25, 0.3) is 0 Å². The summed E-state index contributed by atoms with van der Waals surface area (Å²) in [5, 5.41) is 9.10. The summed E-state index contributed by atoms with van der Waals surface area (Å²) in [6, 6.07) is 4.23. The maximum Gasteiger partial charge on any atom is 0.346 e. The molecule has 1 heterocycles. The van der Waals surface area contributed by atoms with Crippen molar-refractivity contribution >= 4 is 11.9 Å². The second-order valence-electron chi connectivity index (χ2n) is 2.78. The van der Waals surface area contributed by atoms with Crippen molar-refractivity contribution < 1.29 is 19.4 Å². The number of carbonyl (C=O) groups excluding carboxylic acids is 2. The lowest BCUT2D eigenvalue weighted by Crippen LogP contribution is -2.22. The predicted molar refractivity (Wildman–Crippen MR) is 42.2 cm³/mol. The number of esters is 2. The number of ether oxygens (including phenoxy) is 1. The topological polar surface area (TPSA) is 63.6 Å². The molecule has 0 saturated heterocycles. The molecule has 66 valence electrons. The van der Waals surface area contributed by atoms with E-state index in [9.17, 15) is 9.59 Å². The maximum absolute atomic E-state index is 11.1. The molecule has 0 aromatic heterocycles. The zero-order valence-electron chi connectivity index (χ0n) is 6.61. The van der Waals surface area contributed by atoms with Gasteiger partial charge in [-0.25, -0.2) is 4.79 Å². The molecule has 2 rings (SSSR count). The second kappa shape index (κ2) is 2.58. The molecule has 4 heteroatoms. The molecule has 13 heavy (non-hydrogen) atoms. The van der Waals surface area contributed by atoms with Crippen LogP contribution in [0.3, 0.4) is 0 Å². The van der Waals surface area contributed by atoms with E-state index < -0.39 is 11.9 Å². The Hall–Kier alpha value is -1.84. The van der Waals surface area contributed by atoms with Gasteiger partial charge in [0.1, 0.15) is 5.75 Å². The van der Waals surface area contributed by atoms with Crippen LogP contribution in [0.4, 0.5) is 0 Å². The Bertz CT molecular complexity index is 395. The Kier molecular flexibility index (Phi) is 1.55. The SMILES string of the molecule is O=C1Cc2cc(O)ccc2C(=O)O1. The molecular weight excluding hydrogens is 172 g/mol. The number of phenolic OH excluding ortho intramolecular Hbond substituents is 1. The molecule has 4 nitrogen and oxygen atoms in total. The Morgan fingerprint density at radius 1 is 1.31 bits per heavy atom. The van der Waals surface area contributed by atoms with E-state index in [0.717, 1.165) is 0 Å². The first-order chi connectivity index (χ1) is 6.16. The van der Waals surface area contributed by atoms with Crippen molar-refractivity contribution in [3.8, 4) is 5.75 Å². The molecule has 0 atom stereocenters. The van der Waals surface area contributed by atoms with Crippen LogP contribution in [0.2, 0.25) is 0 Å². The molecule has 0 fully saturated rings. The van der Waals surface area contributed by atoms with Crippen molar-refractivity contribution in [1.29, 1.82) is 0 Å². The average molecular weight is 178 g/mol. The number of fused-ring (bicyclic) bond motifs is 1. The van der Waals surface area contributed by atoms with E-state index >= 15 is 0 Å². The second-order valence-corrected chi connectivity index (χ2v) is 2.78. The minimum Gasteiger partial charge on any atom is -0.508 e. The molecule has 0 aliphatic carbocycles. The van der Waals surface area contributed by atoms with Gasteiger partial charge in [-0.3, -0.25) is 4.79 Å². The van der Waals surface area contributed by atoms with Crippen LogP contribution in [0.5, 0.6) is 5.75 Å². The van der Waals surface area contributed by atoms with Crippen molar-refractivity contribution in [1.82, 2.24) is 0 Å². The fourth-order valence-corrected chi connectivity index (χ4v) is 1.28. The van der Waals surface area contributed by atoms with Gasteiger partial charge in [0, 0.05) is 0 Å². The summed E-state index contributed by atoms with van der Waals surface area (Å²) in [7, 11) is 0. The molecule has 0 amide bonds. The van der Waals surface area contributed by atoms with E-state index in [-0.39, 0.29) is 12.2 Å². The standard InChI is InChI=1S/C9H6O4/c10-6-1-2-7-5(3-6)4-8(11)13-9(7)12/h1-3,10H,4H2. The molecular formula is C9H6O4. The summed E-state index contributed by atoms with van der Waals surface area (Å²) in [6.07, 6.45) is 0.0372. The van der Waals surface area contributed by atoms with Gasteiger partial charge in [-0.2, -0.15) is 0 Å². The summed E-state index contributed by atoms with van der Waals surface area (Å²) >= 11 is 0. The lowest BCUT2D eigenvalue weighted by Gasteiger charge is -2.13. The largest absolute Gasteiger partial charge is 0.508 e. The van der Waals surface area contributed by atoms with Gasteiger partial charge in [0.15, 0.2) is 0 Å². The number of hydrogen-bond acceptors (Lipinski definition) is 4. The lowest BCUT2D eigenvalue weighted by molar-refractivity contribution is -0.137. The molecule has 0 spiro atoms. The molecule has 1 aliphatic rings. The normalized spacial score (nSPS) is 15.1. The van der Waals surface area contributed by atoms with E-state index in [4.69, 9.17) is 5.11 Å². The van der Waals surface area contributed by atoms with Crippen LogP contribution < -0.4 is 0 Å². The maximum atomic E-state index is 11.1. The fraction of sp³-hybridized carbons (Fsp3) is 0.111. The quantitative estimate of drug-likeness (QED) is 0.467. The summed E-state index contributed by atoms with van der Waals surface area (Å²) < 4.78 is 4.39. The number of benzene rings is 1. The van der Waals surface area contributed by atoms with Gasteiger partial charge < -0.3 is 9.84 Å². The molecule has 1 aliphatic heterocycles. The highest BCUT2D eigenvalue weighted by Crippen LogP contribution is 2.21. The average Bonchev–Trinajstić information content (AvgIpc) is 2.02. The summed E-state index contributed by atoms with van der Waals surface area (Å²) in [5.41, 5.74) is 0.860. The van der Waals surface area contributed by atoms with E-state index in [1.165, 1.54) is 18.2 Å². The number of phenols is 1. The minimum atomic E-state index is -0.647. The smallest absolute Gasteiger partial charge is 0.346 e. The van der Waals surface area contributed by atoms with Crippen LogP contribution in [0, 0.1) is 0 Å². The predicted octanol–water partition coefficient (Wildman–Crippen LogP) is 0.632. The van der Waals surface area contributed by atoms with Gasteiger partial charge in [-0.1, -0.05) is 0 Å².